The van der Waals surface area contributed by atoms with Crippen LogP contribution < -0.4 is 4.74 Å². The highest BCUT2D eigenvalue weighted by Gasteiger charge is 2.09. The molecule has 2 nitrogen and oxygen atoms in total. The number of unbranched alkanes of at least 4 members (excludes halogenated alkanes) is 3. The first-order valence-corrected chi connectivity index (χ1v) is 8.12. The number of ether oxygens (including phenoxy) is 1. The third-order valence-corrected chi connectivity index (χ3v) is 3.73. The minimum atomic E-state index is -0.319. The van der Waals surface area contributed by atoms with E-state index in [0.717, 1.165) is 36.1 Å². The summed E-state index contributed by atoms with van der Waals surface area (Å²) in [5.74, 6) is 0.00919. The highest BCUT2D eigenvalue weighted by Crippen LogP contribution is 2.27. The fourth-order valence-corrected chi connectivity index (χ4v) is 2.46. The summed E-state index contributed by atoms with van der Waals surface area (Å²) in [7, 11) is 0. The molecule has 0 atom stereocenters. The second-order valence-corrected chi connectivity index (χ2v) is 5.42. The monoisotopic (exact) mass is 301 g/mol. The Kier molecular flexibility index (Phi) is 6.38. The summed E-state index contributed by atoms with van der Waals surface area (Å²) >= 11 is 0. The average Bonchev–Trinajstić information content (AvgIpc) is 2.56. The zero-order valence-corrected chi connectivity index (χ0v) is 13.4. The summed E-state index contributed by atoms with van der Waals surface area (Å²) in [5, 5.41) is 0. The van der Waals surface area contributed by atoms with E-state index in [0.29, 0.717) is 12.4 Å². The molecule has 0 aliphatic carbocycles. The van der Waals surface area contributed by atoms with Crippen LogP contribution in [0.4, 0.5) is 4.39 Å². The molecule has 0 spiro atoms. The lowest BCUT2D eigenvalue weighted by atomic mass is 10.0. The molecule has 0 aliphatic heterocycles. The van der Waals surface area contributed by atoms with Gasteiger partial charge in [0.25, 0.3) is 0 Å². The van der Waals surface area contributed by atoms with Crippen molar-refractivity contribution in [1.29, 1.82) is 0 Å². The predicted molar refractivity (Wildman–Crippen MR) is 88.6 cm³/mol. The Balaban J connectivity index is 2.06. The lowest BCUT2D eigenvalue weighted by Gasteiger charge is -2.10. The fourth-order valence-electron chi connectivity index (χ4n) is 2.46. The third kappa shape index (κ3) is 4.30. The summed E-state index contributed by atoms with van der Waals surface area (Å²) in [5.41, 5.74) is 2.77. The topological polar surface area (TPSA) is 22.1 Å². The van der Waals surface area contributed by atoms with Crippen LogP contribution in [0.1, 0.15) is 45.1 Å². The highest BCUT2D eigenvalue weighted by molar-refractivity contribution is 5.64. The Morgan fingerprint density at radius 1 is 1.09 bits per heavy atom. The van der Waals surface area contributed by atoms with Gasteiger partial charge in [0, 0.05) is 11.8 Å². The molecule has 0 saturated heterocycles. The van der Waals surface area contributed by atoms with Crippen LogP contribution in [-0.4, -0.2) is 11.6 Å². The maximum Gasteiger partial charge on any atom is 0.165 e. The number of halogens is 1. The molecule has 0 amide bonds. The minimum Gasteiger partial charge on any atom is -0.491 e. The Bertz CT molecular complexity index is 598. The molecule has 0 unspecified atom stereocenters. The maximum absolute atomic E-state index is 14.2. The summed E-state index contributed by atoms with van der Waals surface area (Å²) in [4.78, 5) is 4.38. The summed E-state index contributed by atoms with van der Waals surface area (Å²) < 4.78 is 19.7. The molecule has 0 N–H and O–H groups in total. The van der Waals surface area contributed by atoms with Gasteiger partial charge in [0.15, 0.2) is 11.6 Å². The van der Waals surface area contributed by atoms with E-state index in [1.807, 2.05) is 18.2 Å². The number of hydrogen-bond acceptors (Lipinski definition) is 2. The molecule has 1 heterocycles. The maximum atomic E-state index is 14.2. The standard InChI is InChI=1S/C19H24FNO/c1-3-5-6-7-13-22-18-11-10-16(14-17(18)20)19-15(4-2)9-8-12-21-19/h8-12,14H,3-7,13H2,1-2H3. The number of hydrogen-bond donors (Lipinski definition) is 0. The van der Waals surface area contributed by atoms with Crippen molar-refractivity contribution in [3.05, 3.63) is 47.9 Å². The zero-order chi connectivity index (χ0) is 15.8. The predicted octanol–water partition coefficient (Wildman–Crippen LogP) is 5.41. The van der Waals surface area contributed by atoms with Crippen molar-refractivity contribution in [2.24, 2.45) is 0 Å². The van der Waals surface area contributed by atoms with E-state index in [4.69, 9.17) is 4.74 Å². The lowest BCUT2D eigenvalue weighted by Crippen LogP contribution is -2.00. The van der Waals surface area contributed by atoms with Gasteiger partial charge in [0.05, 0.1) is 12.3 Å². The zero-order valence-electron chi connectivity index (χ0n) is 13.4. The lowest BCUT2D eigenvalue weighted by molar-refractivity contribution is 0.290. The first-order chi connectivity index (χ1) is 10.8. The Hall–Kier alpha value is -1.90. The molecule has 1 aromatic carbocycles. The van der Waals surface area contributed by atoms with Gasteiger partial charge < -0.3 is 4.74 Å². The van der Waals surface area contributed by atoms with E-state index >= 15 is 0 Å². The molecular formula is C19H24FNO. The van der Waals surface area contributed by atoms with Gasteiger partial charge in [-0.1, -0.05) is 39.2 Å². The fraction of sp³-hybridized carbons (Fsp3) is 0.421. The van der Waals surface area contributed by atoms with Gasteiger partial charge in [-0.2, -0.15) is 0 Å². The van der Waals surface area contributed by atoms with Gasteiger partial charge in [-0.25, -0.2) is 4.39 Å². The van der Waals surface area contributed by atoms with E-state index in [2.05, 4.69) is 18.8 Å². The van der Waals surface area contributed by atoms with E-state index in [-0.39, 0.29) is 5.82 Å². The number of aryl methyl sites for hydroxylation is 1. The SMILES string of the molecule is CCCCCCOc1ccc(-c2ncccc2CC)cc1F. The highest BCUT2D eigenvalue weighted by atomic mass is 19.1. The van der Waals surface area contributed by atoms with Crippen LogP contribution in [0.2, 0.25) is 0 Å². The van der Waals surface area contributed by atoms with Crippen molar-refractivity contribution in [2.75, 3.05) is 6.61 Å². The molecule has 0 fully saturated rings. The van der Waals surface area contributed by atoms with Crippen LogP contribution in [0.3, 0.4) is 0 Å². The van der Waals surface area contributed by atoms with Crippen LogP contribution in [0.5, 0.6) is 5.75 Å². The Labute approximate surface area is 132 Å². The van der Waals surface area contributed by atoms with Gasteiger partial charge in [-0.05, 0) is 42.7 Å². The van der Waals surface area contributed by atoms with E-state index in [1.54, 1.807) is 12.3 Å². The van der Waals surface area contributed by atoms with Crippen molar-refractivity contribution >= 4 is 0 Å². The number of benzene rings is 1. The molecule has 2 rings (SSSR count). The third-order valence-electron chi connectivity index (χ3n) is 3.73. The Morgan fingerprint density at radius 2 is 1.95 bits per heavy atom. The quantitative estimate of drug-likeness (QED) is 0.608. The molecule has 0 aliphatic rings. The number of rotatable bonds is 8. The van der Waals surface area contributed by atoms with Gasteiger partial charge in [0.2, 0.25) is 0 Å². The van der Waals surface area contributed by atoms with E-state index in [1.165, 1.54) is 18.9 Å². The number of pyridine rings is 1. The first kappa shape index (κ1) is 16.5. The number of nitrogens with zero attached hydrogens (tertiary/aromatic N) is 1. The molecule has 22 heavy (non-hydrogen) atoms. The van der Waals surface area contributed by atoms with Gasteiger partial charge in [-0.15, -0.1) is 0 Å². The van der Waals surface area contributed by atoms with Crippen LogP contribution in [0.15, 0.2) is 36.5 Å². The van der Waals surface area contributed by atoms with E-state index in [9.17, 15) is 4.39 Å². The van der Waals surface area contributed by atoms with Crippen molar-refractivity contribution in [3.8, 4) is 17.0 Å². The average molecular weight is 301 g/mol. The van der Waals surface area contributed by atoms with Crippen LogP contribution in [0, 0.1) is 5.82 Å². The molecule has 3 heteroatoms. The summed E-state index contributed by atoms with van der Waals surface area (Å²) in [6.45, 7) is 4.81. The molecule has 0 radical (unpaired) electrons. The van der Waals surface area contributed by atoms with Gasteiger partial charge >= 0.3 is 0 Å². The summed E-state index contributed by atoms with van der Waals surface area (Å²) in [6.07, 6.45) is 7.10. The van der Waals surface area contributed by atoms with E-state index < -0.39 is 0 Å². The first-order valence-electron chi connectivity index (χ1n) is 8.12. The van der Waals surface area contributed by atoms with Crippen LogP contribution >= 0.6 is 0 Å². The molecule has 0 saturated carbocycles. The minimum absolute atomic E-state index is 0.319. The van der Waals surface area contributed by atoms with Crippen LogP contribution in [-0.2, 0) is 6.42 Å². The molecule has 118 valence electrons. The van der Waals surface area contributed by atoms with Crippen molar-refractivity contribution in [1.82, 2.24) is 4.98 Å². The van der Waals surface area contributed by atoms with Crippen LogP contribution in [0.25, 0.3) is 11.3 Å². The van der Waals surface area contributed by atoms with Crippen molar-refractivity contribution in [2.45, 2.75) is 46.0 Å². The second-order valence-electron chi connectivity index (χ2n) is 5.42. The number of aromatic nitrogens is 1. The summed E-state index contributed by atoms with van der Waals surface area (Å²) in [6, 6.07) is 9.04. The van der Waals surface area contributed by atoms with Crippen molar-refractivity contribution < 1.29 is 9.13 Å². The molecule has 0 bridgehead atoms. The van der Waals surface area contributed by atoms with Gasteiger partial charge in [-0.3, -0.25) is 4.98 Å². The smallest absolute Gasteiger partial charge is 0.165 e. The molecule has 1 aromatic heterocycles. The van der Waals surface area contributed by atoms with Crippen molar-refractivity contribution in [3.63, 3.8) is 0 Å². The largest absolute Gasteiger partial charge is 0.491 e. The Morgan fingerprint density at radius 3 is 2.68 bits per heavy atom. The normalized spacial score (nSPS) is 10.7. The molecular weight excluding hydrogens is 277 g/mol. The van der Waals surface area contributed by atoms with Gasteiger partial charge in [0.1, 0.15) is 0 Å². The molecule has 2 aromatic rings. The second kappa shape index (κ2) is 8.52.